The van der Waals surface area contributed by atoms with Crippen LogP contribution in [-0.4, -0.2) is 48.3 Å². The molecule has 0 N–H and O–H groups in total. The number of pyridine rings is 1. The fourth-order valence-electron chi connectivity index (χ4n) is 2.29. The SMILES string of the molecule is COC1(c2nnc(-c3ncccc3OCC(F)(F)F)o2)CCOC1. The lowest BCUT2D eigenvalue weighted by Crippen LogP contribution is -2.29. The van der Waals surface area contributed by atoms with Crippen molar-refractivity contribution in [2.24, 2.45) is 0 Å². The maximum absolute atomic E-state index is 12.4. The number of aromatic nitrogens is 3. The van der Waals surface area contributed by atoms with E-state index < -0.39 is 18.4 Å². The summed E-state index contributed by atoms with van der Waals surface area (Å²) in [5.41, 5.74) is -0.821. The molecule has 1 fully saturated rings. The number of methoxy groups -OCH3 is 1. The molecule has 2 aromatic rings. The second-order valence-electron chi connectivity index (χ2n) is 5.17. The number of ether oxygens (including phenoxy) is 3. The Labute approximate surface area is 134 Å². The van der Waals surface area contributed by atoms with Crippen molar-refractivity contribution >= 4 is 0 Å². The molecule has 0 spiro atoms. The Morgan fingerprint density at radius 2 is 2.17 bits per heavy atom. The summed E-state index contributed by atoms with van der Waals surface area (Å²) < 4.78 is 58.1. The molecule has 1 saturated heterocycles. The summed E-state index contributed by atoms with van der Waals surface area (Å²) in [5.74, 6) is 0.0372. The first-order valence-corrected chi connectivity index (χ1v) is 7.05. The van der Waals surface area contributed by atoms with Crippen LogP contribution >= 0.6 is 0 Å². The van der Waals surface area contributed by atoms with Crippen LogP contribution < -0.4 is 4.74 Å². The van der Waals surface area contributed by atoms with Gasteiger partial charge in [0.05, 0.1) is 13.2 Å². The lowest BCUT2D eigenvalue weighted by atomic mass is 10.0. The number of alkyl halides is 3. The molecule has 0 saturated carbocycles. The normalized spacial score (nSPS) is 21.2. The Balaban J connectivity index is 1.88. The Hall–Kier alpha value is -2.20. The maximum atomic E-state index is 12.4. The number of rotatable bonds is 5. The minimum Gasteiger partial charge on any atom is -0.482 e. The summed E-state index contributed by atoms with van der Waals surface area (Å²) in [6.07, 6.45) is -2.54. The average Bonchev–Trinajstić information content (AvgIpc) is 3.22. The van der Waals surface area contributed by atoms with Gasteiger partial charge in [0.1, 0.15) is 0 Å². The average molecular weight is 345 g/mol. The molecule has 0 aromatic carbocycles. The van der Waals surface area contributed by atoms with Crippen LogP contribution in [0.3, 0.4) is 0 Å². The van der Waals surface area contributed by atoms with Gasteiger partial charge in [-0.1, -0.05) is 0 Å². The van der Waals surface area contributed by atoms with Crippen molar-refractivity contribution in [2.45, 2.75) is 18.2 Å². The summed E-state index contributed by atoms with van der Waals surface area (Å²) in [6, 6.07) is 2.80. The van der Waals surface area contributed by atoms with E-state index in [-0.39, 0.29) is 29.8 Å². The van der Waals surface area contributed by atoms with E-state index in [4.69, 9.17) is 18.6 Å². The summed E-state index contributed by atoms with van der Waals surface area (Å²) in [5, 5.41) is 7.78. The number of hydrogen-bond acceptors (Lipinski definition) is 7. The third kappa shape index (κ3) is 3.34. The van der Waals surface area contributed by atoms with Crippen LogP contribution in [0.2, 0.25) is 0 Å². The van der Waals surface area contributed by atoms with Crippen LogP contribution in [0, 0.1) is 0 Å². The van der Waals surface area contributed by atoms with Crippen molar-refractivity contribution in [2.75, 3.05) is 26.9 Å². The Morgan fingerprint density at radius 3 is 2.83 bits per heavy atom. The smallest absolute Gasteiger partial charge is 0.422 e. The van der Waals surface area contributed by atoms with Gasteiger partial charge >= 0.3 is 6.18 Å². The van der Waals surface area contributed by atoms with Crippen LogP contribution in [0.25, 0.3) is 11.6 Å². The summed E-state index contributed by atoms with van der Waals surface area (Å²) >= 11 is 0. The zero-order valence-electron chi connectivity index (χ0n) is 12.7. The van der Waals surface area contributed by atoms with Gasteiger partial charge in [-0.15, -0.1) is 10.2 Å². The van der Waals surface area contributed by atoms with E-state index in [2.05, 4.69) is 15.2 Å². The molecular weight excluding hydrogens is 331 g/mol. The van der Waals surface area contributed by atoms with E-state index >= 15 is 0 Å². The van der Waals surface area contributed by atoms with Gasteiger partial charge in [0.15, 0.2) is 23.7 Å². The van der Waals surface area contributed by atoms with Crippen LogP contribution in [0.15, 0.2) is 22.7 Å². The lowest BCUT2D eigenvalue weighted by Gasteiger charge is -2.20. The molecule has 10 heteroatoms. The highest BCUT2D eigenvalue weighted by Gasteiger charge is 2.42. The summed E-state index contributed by atoms with van der Waals surface area (Å²) in [6.45, 7) is -0.706. The molecule has 7 nitrogen and oxygen atoms in total. The fraction of sp³-hybridized carbons (Fsp3) is 0.500. The van der Waals surface area contributed by atoms with Gasteiger partial charge in [-0.3, -0.25) is 0 Å². The van der Waals surface area contributed by atoms with Crippen molar-refractivity contribution in [1.82, 2.24) is 15.2 Å². The van der Waals surface area contributed by atoms with Crippen LogP contribution in [0.1, 0.15) is 12.3 Å². The van der Waals surface area contributed by atoms with Crippen molar-refractivity contribution in [3.8, 4) is 17.3 Å². The number of hydrogen-bond donors (Lipinski definition) is 0. The van der Waals surface area contributed by atoms with E-state index in [9.17, 15) is 13.2 Å². The number of nitrogens with zero attached hydrogens (tertiary/aromatic N) is 3. The highest BCUT2D eigenvalue weighted by Crippen LogP contribution is 2.35. The summed E-state index contributed by atoms with van der Waals surface area (Å²) in [7, 11) is 1.50. The molecule has 3 heterocycles. The molecule has 130 valence electrons. The molecule has 1 unspecified atom stereocenters. The van der Waals surface area contributed by atoms with E-state index in [1.165, 1.54) is 25.4 Å². The van der Waals surface area contributed by atoms with Gasteiger partial charge in [0.25, 0.3) is 11.8 Å². The first kappa shape index (κ1) is 16.7. The molecule has 0 amide bonds. The molecule has 0 bridgehead atoms. The van der Waals surface area contributed by atoms with E-state index in [1.54, 1.807) is 0 Å². The topological polar surface area (TPSA) is 79.5 Å². The van der Waals surface area contributed by atoms with Crippen molar-refractivity contribution in [1.29, 1.82) is 0 Å². The van der Waals surface area contributed by atoms with Crippen molar-refractivity contribution < 1.29 is 31.8 Å². The van der Waals surface area contributed by atoms with Crippen LogP contribution in [-0.2, 0) is 15.1 Å². The Kier molecular flexibility index (Phi) is 4.41. The van der Waals surface area contributed by atoms with Crippen LogP contribution in [0.4, 0.5) is 13.2 Å². The zero-order valence-corrected chi connectivity index (χ0v) is 12.7. The Morgan fingerprint density at radius 1 is 1.33 bits per heavy atom. The maximum Gasteiger partial charge on any atom is 0.422 e. The number of halogens is 3. The molecule has 1 atom stereocenters. The zero-order chi connectivity index (χ0) is 17.2. The third-order valence-electron chi connectivity index (χ3n) is 3.56. The Bertz CT molecular complexity index is 699. The lowest BCUT2D eigenvalue weighted by molar-refractivity contribution is -0.153. The van der Waals surface area contributed by atoms with Gasteiger partial charge < -0.3 is 18.6 Å². The first-order chi connectivity index (χ1) is 11.4. The van der Waals surface area contributed by atoms with Gasteiger partial charge in [-0.2, -0.15) is 13.2 Å². The van der Waals surface area contributed by atoms with Gasteiger partial charge in [-0.25, -0.2) is 4.98 Å². The van der Waals surface area contributed by atoms with E-state index in [0.29, 0.717) is 13.0 Å². The van der Waals surface area contributed by atoms with Crippen molar-refractivity contribution in [3.05, 3.63) is 24.2 Å². The molecule has 0 aliphatic carbocycles. The quantitative estimate of drug-likeness (QED) is 0.823. The fourth-order valence-corrected chi connectivity index (χ4v) is 2.29. The second kappa shape index (κ2) is 6.36. The molecule has 1 aliphatic heterocycles. The largest absolute Gasteiger partial charge is 0.482 e. The third-order valence-corrected chi connectivity index (χ3v) is 3.56. The predicted octanol–water partition coefficient (Wildman–Crippen LogP) is 2.33. The monoisotopic (exact) mass is 345 g/mol. The summed E-state index contributed by atoms with van der Waals surface area (Å²) in [4.78, 5) is 3.98. The minimum atomic E-state index is -4.46. The van der Waals surface area contributed by atoms with Crippen LogP contribution in [0.5, 0.6) is 5.75 Å². The predicted molar refractivity (Wildman–Crippen MR) is 73.2 cm³/mol. The molecule has 1 aliphatic rings. The van der Waals surface area contributed by atoms with E-state index in [1.807, 2.05) is 0 Å². The standard InChI is InChI=1S/C14H14F3N3O4/c1-21-13(4-6-22-7-13)12-20-19-11(24-12)10-9(3-2-5-18-10)23-8-14(15,16)17/h2-3,5H,4,6-8H2,1H3. The molecular formula is C14H14F3N3O4. The first-order valence-electron chi connectivity index (χ1n) is 7.05. The van der Waals surface area contributed by atoms with E-state index in [0.717, 1.165) is 0 Å². The minimum absolute atomic E-state index is 0.0330. The highest BCUT2D eigenvalue weighted by molar-refractivity contribution is 5.56. The highest BCUT2D eigenvalue weighted by atomic mass is 19.4. The molecule has 24 heavy (non-hydrogen) atoms. The molecule has 0 radical (unpaired) electrons. The van der Waals surface area contributed by atoms with Gasteiger partial charge in [-0.05, 0) is 12.1 Å². The van der Waals surface area contributed by atoms with Crippen molar-refractivity contribution in [3.63, 3.8) is 0 Å². The molecule has 2 aromatic heterocycles. The van der Waals surface area contributed by atoms with Gasteiger partial charge in [0, 0.05) is 19.7 Å². The molecule has 3 rings (SSSR count). The second-order valence-corrected chi connectivity index (χ2v) is 5.17. The van der Waals surface area contributed by atoms with Gasteiger partial charge in [0.2, 0.25) is 0 Å².